The number of para-hydroxylation sites is 1. The van der Waals surface area contributed by atoms with Crippen LogP contribution in [0.3, 0.4) is 0 Å². The van der Waals surface area contributed by atoms with E-state index in [-0.39, 0.29) is 17.5 Å². The Kier molecular flexibility index (Phi) is 10.0. The van der Waals surface area contributed by atoms with Gasteiger partial charge in [0.05, 0.1) is 24.0 Å². The Bertz CT molecular complexity index is 1620. The van der Waals surface area contributed by atoms with Crippen LogP contribution < -0.4 is 20.7 Å². The SMILES string of the molecule is CNC(=O)c1cc(-c2nn(-c3ccccc3)c(NC(=O)N[C@@H]3CN(CCOC)C[C@H]3c3ccccc3)c2C)cnc1OC(F)F. The predicted octanol–water partition coefficient (Wildman–Crippen LogP) is 4.44. The molecule has 1 fully saturated rings. The lowest BCUT2D eigenvalue weighted by molar-refractivity contribution is -0.0531. The molecule has 0 spiro atoms. The topological polar surface area (TPSA) is 123 Å². The second kappa shape index (κ2) is 14.3. The number of carbonyl (C=O) groups is 2. The molecule has 13 heteroatoms. The van der Waals surface area contributed by atoms with E-state index >= 15 is 0 Å². The van der Waals surface area contributed by atoms with Crippen molar-refractivity contribution in [2.75, 3.05) is 45.7 Å². The van der Waals surface area contributed by atoms with E-state index in [1.807, 2.05) is 48.5 Å². The van der Waals surface area contributed by atoms with E-state index in [1.54, 1.807) is 18.7 Å². The number of benzene rings is 2. The highest BCUT2D eigenvalue weighted by Gasteiger charge is 2.35. The molecule has 0 radical (unpaired) electrons. The highest BCUT2D eigenvalue weighted by molar-refractivity contribution is 5.97. The van der Waals surface area contributed by atoms with Crippen molar-refractivity contribution in [1.29, 1.82) is 0 Å². The quantitative estimate of drug-likeness (QED) is 0.227. The van der Waals surface area contributed by atoms with E-state index in [4.69, 9.17) is 9.84 Å². The molecule has 0 saturated carbocycles. The van der Waals surface area contributed by atoms with Crippen LogP contribution in [0.2, 0.25) is 0 Å². The molecule has 5 rings (SSSR count). The molecule has 1 saturated heterocycles. The first kappa shape index (κ1) is 31.5. The van der Waals surface area contributed by atoms with Gasteiger partial charge in [-0.25, -0.2) is 14.5 Å². The Morgan fingerprint density at radius 2 is 1.78 bits per heavy atom. The summed E-state index contributed by atoms with van der Waals surface area (Å²) in [5.41, 5.74) is 2.97. The van der Waals surface area contributed by atoms with Crippen LogP contribution in [0.15, 0.2) is 72.9 Å². The maximum Gasteiger partial charge on any atom is 0.388 e. The lowest BCUT2D eigenvalue weighted by Crippen LogP contribution is -2.42. The third kappa shape index (κ3) is 7.27. The van der Waals surface area contributed by atoms with E-state index in [1.165, 1.54) is 19.3 Å². The molecule has 4 aromatic rings. The number of alkyl halides is 2. The zero-order valence-electron chi connectivity index (χ0n) is 25.2. The van der Waals surface area contributed by atoms with E-state index in [9.17, 15) is 18.4 Å². The summed E-state index contributed by atoms with van der Waals surface area (Å²) in [5.74, 6) is -0.682. The van der Waals surface area contributed by atoms with Gasteiger partial charge in [0.15, 0.2) is 0 Å². The van der Waals surface area contributed by atoms with Gasteiger partial charge < -0.3 is 20.1 Å². The number of aromatic nitrogens is 3. The third-order valence-corrected chi connectivity index (χ3v) is 7.70. The number of urea groups is 1. The Balaban J connectivity index is 1.47. The molecule has 2 atom stereocenters. The standard InChI is InChI=1S/C32H35F2N7O4/c1-20-27(22-16-24(29(42)35-2)30(36-17-22)45-31(33)34)39-41(23-12-8-5-9-13-23)28(20)38-32(43)37-26-19-40(14-15-44-3)18-25(26)21-10-6-4-7-11-21/h4-13,16-17,25-26,31H,14-15,18-19H2,1-3H3,(H,35,42)(H2,37,38,43)/t25-,26+/m0/s1. The summed E-state index contributed by atoms with van der Waals surface area (Å²) in [6.45, 7) is 1.37. The average molecular weight is 620 g/mol. The van der Waals surface area contributed by atoms with Crippen LogP contribution in [0.4, 0.5) is 19.4 Å². The monoisotopic (exact) mass is 619 g/mol. The van der Waals surface area contributed by atoms with Crippen molar-refractivity contribution in [2.24, 2.45) is 0 Å². The van der Waals surface area contributed by atoms with Gasteiger partial charge >= 0.3 is 12.6 Å². The highest BCUT2D eigenvalue weighted by Crippen LogP contribution is 2.33. The number of pyridine rings is 1. The minimum atomic E-state index is -3.16. The first-order chi connectivity index (χ1) is 21.8. The lowest BCUT2D eigenvalue weighted by atomic mass is 9.94. The molecule has 236 valence electrons. The molecule has 3 heterocycles. The summed E-state index contributed by atoms with van der Waals surface area (Å²) in [4.78, 5) is 32.4. The fourth-order valence-electron chi connectivity index (χ4n) is 5.51. The van der Waals surface area contributed by atoms with Crippen LogP contribution >= 0.6 is 0 Å². The van der Waals surface area contributed by atoms with Crippen molar-refractivity contribution in [3.8, 4) is 22.8 Å². The van der Waals surface area contributed by atoms with Gasteiger partial charge in [-0.1, -0.05) is 48.5 Å². The second-order valence-electron chi connectivity index (χ2n) is 10.6. The summed E-state index contributed by atoms with van der Waals surface area (Å²) in [5, 5.41) is 13.3. The van der Waals surface area contributed by atoms with Crippen LogP contribution in [-0.2, 0) is 4.74 Å². The molecule has 0 unspecified atom stereocenters. The van der Waals surface area contributed by atoms with Crippen LogP contribution in [-0.4, -0.2) is 84.7 Å². The van der Waals surface area contributed by atoms with Crippen molar-refractivity contribution in [3.05, 3.63) is 89.6 Å². The summed E-state index contributed by atoms with van der Waals surface area (Å²) in [7, 11) is 3.04. The number of carbonyl (C=O) groups excluding carboxylic acids is 2. The van der Waals surface area contributed by atoms with Gasteiger partial charge in [-0.3, -0.25) is 15.0 Å². The van der Waals surface area contributed by atoms with E-state index in [2.05, 4.69) is 42.7 Å². The van der Waals surface area contributed by atoms with Crippen molar-refractivity contribution in [2.45, 2.75) is 25.5 Å². The number of rotatable bonds is 11. The third-order valence-electron chi connectivity index (χ3n) is 7.70. The molecule has 0 bridgehead atoms. The Hall–Kier alpha value is -4.88. The van der Waals surface area contributed by atoms with Gasteiger partial charge in [-0.15, -0.1) is 0 Å². The average Bonchev–Trinajstić information content (AvgIpc) is 3.60. The smallest absolute Gasteiger partial charge is 0.388 e. The Labute approximate surface area is 259 Å². The molecule has 3 N–H and O–H groups in total. The number of nitrogens with zero attached hydrogens (tertiary/aromatic N) is 4. The first-order valence-electron chi connectivity index (χ1n) is 14.4. The number of methoxy groups -OCH3 is 1. The number of nitrogens with one attached hydrogen (secondary N) is 3. The van der Waals surface area contributed by atoms with Gasteiger partial charge in [0.1, 0.15) is 11.4 Å². The van der Waals surface area contributed by atoms with Crippen molar-refractivity contribution in [1.82, 2.24) is 30.3 Å². The predicted molar refractivity (Wildman–Crippen MR) is 165 cm³/mol. The van der Waals surface area contributed by atoms with Crippen LogP contribution in [0, 0.1) is 6.92 Å². The second-order valence-corrected chi connectivity index (χ2v) is 10.6. The number of amides is 3. The highest BCUT2D eigenvalue weighted by atomic mass is 19.3. The number of hydrogen-bond acceptors (Lipinski definition) is 7. The van der Waals surface area contributed by atoms with E-state index in [0.29, 0.717) is 41.5 Å². The first-order valence-corrected chi connectivity index (χ1v) is 14.4. The van der Waals surface area contributed by atoms with Gasteiger partial charge in [-0.2, -0.15) is 13.9 Å². The van der Waals surface area contributed by atoms with Crippen molar-refractivity contribution >= 4 is 17.8 Å². The fraction of sp³-hybridized carbons (Fsp3) is 0.312. The van der Waals surface area contributed by atoms with Crippen LogP contribution in [0.25, 0.3) is 16.9 Å². The van der Waals surface area contributed by atoms with Crippen LogP contribution in [0.5, 0.6) is 5.88 Å². The molecule has 0 aliphatic carbocycles. The summed E-state index contributed by atoms with van der Waals surface area (Å²) in [6, 6.07) is 20.1. The molecular weight excluding hydrogens is 584 g/mol. The van der Waals surface area contributed by atoms with Crippen molar-refractivity contribution in [3.63, 3.8) is 0 Å². The summed E-state index contributed by atoms with van der Waals surface area (Å²) < 4.78 is 37.3. The zero-order chi connectivity index (χ0) is 31.9. The Morgan fingerprint density at radius 3 is 2.44 bits per heavy atom. The molecule has 2 aromatic heterocycles. The molecule has 1 aliphatic rings. The molecule has 2 aromatic carbocycles. The molecule has 45 heavy (non-hydrogen) atoms. The normalized spacial score (nSPS) is 16.5. The number of anilines is 1. The fourth-order valence-corrected chi connectivity index (χ4v) is 5.51. The molecule has 11 nitrogen and oxygen atoms in total. The molecule has 1 aliphatic heterocycles. The van der Waals surface area contributed by atoms with Gasteiger partial charge in [0.2, 0.25) is 5.88 Å². The van der Waals surface area contributed by atoms with Crippen molar-refractivity contribution < 1.29 is 27.8 Å². The largest absolute Gasteiger partial charge is 0.416 e. The maximum atomic E-state index is 13.6. The Morgan fingerprint density at radius 1 is 1.07 bits per heavy atom. The number of hydrogen-bond donors (Lipinski definition) is 3. The van der Waals surface area contributed by atoms with Crippen LogP contribution in [0.1, 0.15) is 27.4 Å². The molecule has 3 amide bonds. The lowest BCUT2D eigenvalue weighted by Gasteiger charge is -2.21. The summed E-state index contributed by atoms with van der Waals surface area (Å²) in [6.07, 6.45) is 1.30. The minimum absolute atomic E-state index is 0.0766. The number of likely N-dealkylation sites (tertiary alicyclic amines) is 1. The van der Waals surface area contributed by atoms with Gasteiger partial charge in [-0.05, 0) is 30.7 Å². The summed E-state index contributed by atoms with van der Waals surface area (Å²) >= 11 is 0. The molecular formula is C32H35F2N7O4. The zero-order valence-corrected chi connectivity index (χ0v) is 25.2. The number of halogens is 2. The van der Waals surface area contributed by atoms with E-state index < -0.39 is 24.4 Å². The van der Waals surface area contributed by atoms with Gasteiger partial charge in [0.25, 0.3) is 5.91 Å². The number of ether oxygens (including phenoxy) is 2. The maximum absolute atomic E-state index is 13.6. The van der Waals surface area contributed by atoms with Gasteiger partial charge in [0, 0.05) is 57.0 Å². The minimum Gasteiger partial charge on any atom is -0.416 e. The van der Waals surface area contributed by atoms with E-state index in [0.717, 1.165) is 18.7 Å².